The number of hydrogen-bond donors (Lipinski definition) is 1. The van der Waals surface area contributed by atoms with E-state index in [-0.39, 0.29) is 4.88 Å². The Labute approximate surface area is 115 Å². The molecule has 0 aliphatic heterocycles. The Morgan fingerprint density at radius 3 is 2.89 bits per heavy atom. The lowest BCUT2D eigenvalue weighted by molar-refractivity contribution is 0.0702. The van der Waals surface area contributed by atoms with E-state index in [4.69, 9.17) is 9.84 Å². The van der Waals surface area contributed by atoms with Crippen LogP contribution in [-0.4, -0.2) is 22.7 Å². The second-order valence-corrected chi connectivity index (χ2v) is 5.41. The number of carboxylic acid groups (broad SMARTS) is 1. The molecule has 5 heteroatoms. The van der Waals surface area contributed by atoms with E-state index in [9.17, 15) is 4.79 Å². The van der Waals surface area contributed by atoms with E-state index in [2.05, 4.69) is 4.98 Å². The van der Waals surface area contributed by atoms with Crippen molar-refractivity contribution >= 4 is 17.3 Å². The van der Waals surface area contributed by atoms with E-state index < -0.39 is 5.97 Å². The average Bonchev–Trinajstić information content (AvgIpc) is 2.82. The molecule has 0 atom stereocenters. The van der Waals surface area contributed by atoms with Crippen LogP contribution in [0.4, 0.5) is 0 Å². The van der Waals surface area contributed by atoms with Gasteiger partial charge in [0.1, 0.15) is 10.6 Å². The number of ether oxygens (including phenoxy) is 1. The van der Waals surface area contributed by atoms with Gasteiger partial charge in [-0.1, -0.05) is 12.1 Å². The SMILES string of the molecule is Cc1ccc(C)c(OCCc2ncc(C(=O)O)s2)c1. The molecule has 0 saturated carbocycles. The smallest absolute Gasteiger partial charge is 0.347 e. The Morgan fingerprint density at radius 1 is 1.42 bits per heavy atom. The number of nitrogens with zero attached hydrogens (tertiary/aromatic N) is 1. The van der Waals surface area contributed by atoms with E-state index in [1.165, 1.54) is 17.5 Å². The molecule has 0 bridgehead atoms. The molecule has 4 nitrogen and oxygen atoms in total. The first kappa shape index (κ1) is 13.5. The van der Waals surface area contributed by atoms with Gasteiger partial charge in [0.15, 0.2) is 0 Å². The van der Waals surface area contributed by atoms with E-state index in [1.54, 1.807) is 0 Å². The first-order valence-corrected chi connectivity index (χ1v) is 6.76. The fourth-order valence-electron chi connectivity index (χ4n) is 1.64. The third kappa shape index (κ3) is 3.54. The minimum absolute atomic E-state index is 0.265. The minimum Gasteiger partial charge on any atom is -0.493 e. The molecular formula is C14H15NO3S. The summed E-state index contributed by atoms with van der Waals surface area (Å²) in [4.78, 5) is 15.1. The Kier molecular flexibility index (Phi) is 4.16. The van der Waals surface area contributed by atoms with Crippen LogP contribution < -0.4 is 4.74 Å². The molecule has 0 aliphatic rings. The molecule has 2 aromatic rings. The molecule has 0 saturated heterocycles. The average molecular weight is 277 g/mol. The maximum Gasteiger partial charge on any atom is 0.347 e. The van der Waals surface area contributed by atoms with Crippen molar-refractivity contribution in [3.05, 3.63) is 45.4 Å². The molecule has 1 aromatic heterocycles. The number of aromatic nitrogens is 1. The first-order valence-electron chi connectivity index (χ1n) is 5.94. The fraction of sp³-hybridized carbons (Fsp3) is 0.286. The predicted molar refractivity (Wildman–Crippen MR) is 74.2 cm³/mol. The van der Waals surface area contributed by atoms with Crippen LogP contribution >= 0.6 is 11.3 Å². The van der Waals surface area contributed by atoms with Crippen molar-refractivity contribution in [2.75, 3.05) is 6.61 Å². The van der Waals surface area contributed by atoms with Crippen molar-refractivity contribution in [1.82, 2.24) is 4.98 Å². The van der Waals surface area contributed by atoms with Crippen LogP contribution in [0.1, 0.15) is 25.8 Å². The summed E-state index contributed by atoms with van der Waals surface area (Å²) in [6, 6.07) is 6.07. The van der Waals surface area contributed by atoms with Gasteiger partial charge in [-0.05, 0) is 31.0 Å². The second kappa shape index (κ2) is 5.84. The standard InChI is InChI=1S/C14H15NO3S/c1-9-3-4-10(2)11(7-9)18-6-5-13-15-8-12(19-13)14(16)17/h3-4,7-8H,5-6H2,1-2H3,(H,16,17). The molecule has 2 rings (SSSR count). The van der Waals surface area contributed by atoms with Gasteiger partial charge in [-0.25, -0.2) is 9.78 Å². The number of rotatable bonds is 5. The molecule has 1 aromatic carbocycles. The lowest BCUT2D eigenvalue weighted by Crippen LogP contribution is -2.02. The Morgan fingerprint density at radius 2 is 2.21 bits per heavy atom. The van der Waals surface area contributed by atoms with Gasteiger partial charge in [0.2, 0.25) is 0 Å². The molecule has 1 heterocycles. The van der Waals surface area contributed by atoms with Crippen molar-refractivity contribution in [2.45, 2.75) is 20.3 Å². The zero-order valence-electron chi connectivity index (χ0n) is 10.8. The van der Waals surface area contributed by atoms with Crippen LogP contribution in [0.15, 0.2) is 24.4 Å². The number of benzene rings is 1. The lowest BCUT2D eigenvalue weighted by atomic mass is 10.1. The number of carbonyl (C=O) groups is 1. The van der Waals surface area contributed by atoms with Gasteiger partial charge in [0, 0.05) is 6.42 Å². The van der Waals surface area contributed by atoms with E-state index in [1.807, 2.05) is 32.0 Å². The zero-order chi connectivity index (χ0) is 13.8. The van der Waals surface area contributed by atoms with E-state index in [0.29, 0.717) is 13.0 Å². The highest BCUT2D eigenvalue weighted by Gasteiger charge is 2.08. The van der Waals surface area contributed by atoms with Crippen LogP contribution in [0, 0.1) is 13.8 Å². The number of carboxylic acids is 1. The molecule has 1 N–H and O–H groups in total. The van der Waals surface area contributed by atoms with Crippen molar-refractivity contribution in [2.24, 2.45) is 0 Å². The van der Waals surface area contributed by atoms with Gasteiger partial charge in [0.25, 0.3) is 0 Å². The largest absolute Gasteiger partial charge is 0.493 e. The minimum atomic E-state index is -0.931. The third-order valence-corrected chi connectivity index (χ3v) is 3.73. The summed E-state index contributed by atoms with van der Waals surface area (Å²) in [5.74, 6) is -0.0609. The van der Waals surface area contributed by atoms with E-state index in [0.717, 1.165) is 21.9 Å². The van der Waals surface area contributed by atoms with Crippen LogP contribution in [0.3, 0.4) is 0 Å². The summed E-state index contributed by atoms with van der Waals surface area (Å²) >= 11 is 1.19. The van der Waals surface area contributed by atoms with Crippen molar-refractivity contribution in [3.63, 3.8) is 0 Å². The van der Waals surface area contributed by atoms with Gasteiger partial charge in [-0.15, -0.1) is 11.3 Å². The van der Waals surface area contributed by atoms with Crippen molar-refractivity contribution < 1.29 is 14.6 Å². The normalized spacial score (nSPS) is 10.4. The summed E-state index contributed by atoms with van der Waals surface area (Å²) in [7, 11) is 0. The molecule has 0 fully saturated rings. The van der Waals surface area contributed by atoms with Gasteiger partial charge in [-0.3, -0.25) is 0 Å². The summed E-state index contributed by atoms with van der Waals surface area (Å²) in [5, 5.41) is 9.59. The summed E-state index contributed by atoms with van der Waals surface area (Å²) in [5.41, 5.74) is 2.25. The number of aromatic carboxylic acids is 1. The molecule has 0 spiro atoms. The number of aryl methyl sites for hydroxylation is 2. The quantitative estimate of drug-likeness (QED) is 0.912. The van der Waals surface area contributed by atoms with E-state index >= 15 is 0 Å². The van der Waals surface area contributed by atoms with Gasteiger partial charge in [0.05, 0.1) is 17.8 Å². The van der Waals surface area contributed by atoms with Gasteiger partial charge < -0.3 is 9.84 Å². The topological polar surface area (TPSA) is 59.4 Å². The van der Waals surface area contributed by atoms with Crippen LogP contribution in [0.2, 0.25) is 0 Å². The van der Waals surface area contributed by atoms with Gasteiger partial charge in [-0.2, -0.15) is 0 Å². The molecule has 19 heavy (non-hydrogen) atoms. The molecule has 0 amide bonds. The number of hydrogen-bond acceptors (Lipinski definition) is 4. The summed E-state index contributed by atoms with van der Waals surface area (Å²) in [6.07, 6.45) is 2.01. The van der Waals surface area contributed by atoms with Crippen LogP contribution in [0.5, 0.6) is 5.75 Å². The predicted octanol–water partition coefficient (Wildman–Crippen LogP) is 3.08. The van der Waals surface area contributed by atoms with Gasteiger partial charge >= 0.3 is 5.97 Å². The summed E-state index contributed by atoms with van der Waals surface area (Å²) < 4.78 is 5.71. The number of thiazole rings is 1. The lowest BCUT2D eigenvalue weighted by Gasteiger charge is -2.08. The van der Waals surface area contributed by atoms with Crippen LogP contribution in [0.25, 0.3) is 0 Å². The highest BCUT2D eigenvalue weighted by Crippen LogP contribution is 2.20. The molecular weight excluding hydrogens is 262 g/mol. The fourth-order valence-corrected chi connectivity index (χ4v) is 2.37. The summed E-state index contributed by atoms with van der Waals surface area (Å²) in [6.45, 7) is 4.52. The molecule has 0 aliphatic carbocycles. The maximum absolute atomic E-state index is 10.7. The second-order valence-electron chi connectivity index (χ2n) is 4.29. The maximum atomic E-state index is 10.7. The zero-order valence-corrected chi connectivity index (χ0v) is 11.7. The molecule has 0 radical (unpaired) electrons. The first-order chi connectivity index (χ1) is 9.06. The van der Waals surface area contributed by atoms with Crippen molar-refractivity contribution in [3.8, 4) is 5.75 Å². The Hall–Kier alpha value is -1.88. The molecule has 100 valence electrons. The monoisotopic (exact) mass is 277 g/mol. The highest BCUT2D eigenvalue weighted by atomic mass is 32.1. The third-order valence-electron chi connectivity index (χ3n) is 2.68. The van der Waals surface area contributed by atoms with Crippen molar-refractivity contribution in [1.29, 1.82) is 0 Å². The van der Waals surface area contributed by atoms with Crippen LogP contribution in [-0.2, 0) is 6.42 Å². The molecule has 0 unspecified atom stereocenters. The highest BCUT2D eigenvalue weighted by molar-refractivity contribution is 7.13. The Bertz CT molecular complexity index is 592. The Balaban J connectivity index is 1.92.